The van der Waals surface area contributed by atoms with Crippen LogP contribution in [-0.4, -0.2) is 41.9 Å². The van der Waals surface area contributed by atoms with Gasteiger partial charge in [0.2, 0.25) is 5.91 Å². The lowest BCUT2D eigenvalue weighted by atomic mass is 10.0. The fourth-order valence-corrected chi connectivity index (χ4v) is 8.72. The maximum absolute atomic E-state index is 12.6. The van der Waals surface area contributed by atoms with Gasteiger partial charge in [-0.2, -0.15) is 8.42 Å². The van der Waals surface area contributed by atoms with Gasteiger partial charge in [0, 0.05) is 6.42 Å². The Labute approximate surface area is 350 Å². The molecule has 0 aliphatic heterocycles. The molecule has 0 radical (unpaired) electrons. The molecule has 1 amide bonds. The van der Waals surface area contributed by atoms with Crippen LogP contribution in [0.3, 0.4) is 0 Å². The van der Waals surface area contributed by atoms with Crippen LogP contribution in [0.2, 0.25) is 0 Å². The normalized spacial score (nSPS) is 13.1. The molecule has 0 aliphatic carbocycles. The Morgan fingerprint density at radius 1 is 0.464 bits per heavy atom. The average Bonchev–Trinajstić information content (AvgIpc) is 3.16. The molecule has 2 unspecified atom stereocenters. The molecule has 0 aromatic carbocycles. The fourth-order valence-electron chi connectivity index (χ4n) is 7.98. The van der Waals surface area contributed by atoms with E-state index in [0.29, 0.717) is 6.42 Å². The van der Waals surface area contributed by atoms with Gasteiger partial charge in [0.25, 0.3) is 10.1 Å². The van der Waals surface area contributed by atoms with Crippen molar-refractivity contribution < 1.29 is 22.9 Å². The molecule has 0 bridgehead atoms. The SMILES string of the molecule is CCCCCCCCCCCCCCCCCCCC/C=C/C(O)C(CS(=O)(=O)O)NC(=O)CCCCCCCCCCCCCCCCCCCCCCC. The molecule has 7 heteroatoms. The quantitative estimate of drug-likeness (QED) is 0.0323. The lowest BCUT2D eigenvalue weighted by molar-refractivity contribution is -0.122. The summed E-state index contributed by atoms with van der Waals surface area (Å²) in [5.74, 6) is -0.963. The molecule has 0 spiro atoms. The Balaban J connectivity index is 3.77. The predicted molar refractivity (Wildman–Crippen MR) is 244 cm³/mol. The van der Waals surface area contributed by atoms with Crippen molar-refractivity contribution in [3.63, 3.8) is 0 Å². The first-order chi connectivity index (χ1) is 27.3. The Morgan fingerprint density at radius 2 is 0.732 bits per heavy atom. The van der Waals surface area contributed by atoms with E-state index in [2.05, 4.69) is 19.2 Å². The van der Waals surface area contributed by atoms with Gasteiger partial charge < -0.3 is 10.4 Å². The summed E-state index contributed by atoms with van der Waals surface area (Å²) in [5, 5.41) is 13.3. The lowest BCUT2D eigenvalue weighted by Gasteiger charge is -2.21. The number of nitrogens with one attached hydrogen (secondary N) is 1. The van der Waals surface area contributed by atoms with Crippen LogP contribution in [-0.2, 0) is 14.9 Å². The standard InChI is InChI=1S/C49H97NO5S/c1-3-5-7-9-11-13-15-17-19-21-23-25-27-29-31-33-35-37-39-41-43-45-49(52)50-47(46-56(53,54)55)48(51)44-42-40-38-36-34-32-30-28-26-24-22-20-18-16-14-12-10-8-6-4-2/h42,44,47-48,51H,3-41,43,45-46H2,1-2H3,(H,50,52)(H,53,54,55)/b44-42+. The van der Waals surface area contributed by atoms with Crippen molar-refractivity contribution in [3.05, 3.63) is 12.2 Å². The van der Waals surface area contributed by atoms with Crippen molar-refractivity contribution in [3.8, 4) is 0 Å². The van der Waals surface area contributed by atoms with E-state index in [4.69, 9.17) is 0 Å². The fraction of sp³-hybridized carbons (Fsp3) is 0.939. The summed E-state index contributed by atoms with van der Waals surface area (Å²) in [6, 6.07) is -1.05. The highest BCUT2D eigenvalue weighted by Gasteiger charge is 2.24. The Hall–Kier alpha value is -0.920. The van der Waals surface area contributed by atoms with Crippen LogP contribution in [0.1, 0.15) is 277 Å². The molecule has 6 nitrogen and oxygen atoms in total. The third kappa shape index (κ3) is 44.2. The summed E-state index contributed by atoms with van der Waals surface area (Å²) in [6.07, 6.45) is 55.0. The molecule has 0 heterocycles. The largest absolute Gasteiger partial charge is 0.387 e. The molecule has 0 aromatic rings. The van der Waals surface area contributed by atoms with Gasteiger partial charge in [0.15, 0.2) is 0 Å². The van der Waals surface area contributed by atoms with Gasteiger partial charge in [-0.3, -0.25) is 9.35 Å². The second-order valence-corrected chi connectivity index (χ2v) is 19.0. The molecule has 0 rings (SSSR count). The van der Waals surface area contributed by atoms with Gasteiger partial charge in [-0.1, -0.05) is 264 Å². The number of allylic oxidation sites excluding steroid dienone is 1. The van der Waals surface area contributed by atoms with Crippen LogP contribution in [0.5, 0.6) is 0 Å². The number of hydrogen-bond acceptors (Lipinski definition) is 4. The second kappa shape index (κ2) is 43.7. The first kappa shape index (κ1) is 55.1. The van der Waals surface area contributed by atoms with Crippen molar-refractivity contribution in [2.45, 2.75) is 289 Å². The zero-order valence-corrected chi connectivity index (χ0v) is 38.4. The molecule has 3 N–H and O–H groups in total. The summed E-state index contributed by atoms with van der Waals surface area (Å²) in [4.78, 5) is 12.6. The number of rotatable bonds is 46. The molecule has 56 heavy (non-hydrogen) atoms. The number of aliphatic hydroxyl groups is 1. The van der Waals surface area contributed by atoms with E-state index >= 15 is 0 Å². The van der Waals surface area contributed by atoms with Crippen molar-refractivity contribution >= 4 is 16.0 Å². The Bertz CT molecular complexity index is 939. The Kier molecular flexibility index (Phi) is 42.9. The van der Waals surface area contributed by atoms with Crippen molar-refractivity contribution in [2.75, 3.05) is 5.75 Å². The van der Waals surface area contributed by atoms with E-state index in [1.165, 1.54) is 218 Å². The number of carbonyl (C=O) groups is 1. The van der Waals surface area contributed by atoms with Crippen LogP contribution in [0.15, 0.2) is 12.2 Å². The summed E-state index contributed by atoms with van der Waals surface area (Å²) in [7, 11) is -4.34. The third-order valence-electron chi connectivity index (χ3n) is 11.7. The molecule has 0 aromatic heterocycles. The molecule has 334 valence electrons. The van der Waals surface area contributed by atoms with E-state index in [1.54, 1.807) is 6.08 Å². The van der Waals surface area contributed by atoms with E-state index in [0.717, 1.165) is 38.5 Å². The Morgan fingerprint density at radius 3 is 1.02 bits per heavy atom. The molecule has 0 saturated carbocycles. The van der Waals surface area contributed by atoms with Gasteiger partial charge in [-0.15, -0.1) is 0 Å². The molecule has 0 saturated heterocycles. The second-order valence-electron chi connectivity index (χ2n) is 17.5. The minimum absolute atomic E-state index is 0.271. The molecule has 0 aliphatic rings. The van der Waals surface area contributed by atoms with Gasteiger partial charge in [0.05, 0.1) is 17.9 Å². The van der Waals surface area contributed by atoms with Gasteiger partial charge >= 0.3 is 0 Å². The average molecular weight is 812 g/mol. The zero-order chi connectivity index (χ0) is 41.1. The number of hydrogen-bond donors (Lipinski definition) is 3. The number of aliphatic hydroxyl groups excluding tert-OH is 1. The first-order valence-electron chi connectivity index (χ1n) is 24.9. The van der Waals surface area contributed by atoms with E-state index < -0.39 is 28.0 Å². The van der Waals surface area contributed by atoms with Crippen LogP contribution < -0.4 is 5.32 Å². The van der Waals surface area contributed by atoms with Crippen LogP contribution in [0, 0.1) is 0 Å². The number of amides is 1. The zero-order valence-electron chi connectivity index (χ0n) is 37.5. The first-order valence-corrected chi connectivity index (χ1v) is 26.5. The lowest BCUT2D eigenvalue weighted by Crippen LogP contribution is -2.46. The maximum atomic E-state index is 12.6. The summed E-state index contributed by atoms with van der Waals surface area (Å²) < 4.78 is 32.7. The molecular formula is C49H97NO5S. The van der Waals surface area contributed by atoms with Gasteiger partial charge in [0.1, 0.15) is 0 Å². The number of unbranched alkanes of at least 4 members (excludes halogenated alkanes) is 38. The van der Waals surface area contributed by atoms with Crippen molar-refractivity contribution in [2.24, 2.45) is 0 Å². The maximum Gasteiger partial charge on any atom is 0.267 e. The van der Waals surface area contributed by atoms with Crippen LogP contribution in [0.4, 0.5) is 0 Å². The van der Waals surface area contributed by atoms with Crippen molar-refractivity contribution in [1.82, 2.24) is 5.32 Å². The highest BCUT2D eigenvalue weighted by Crippen LogP contribution is 2.17. The summed E-state index contributed by atoms with van der Waals surface area (Å²) >= 11 is 0. The number of carbonyl (C=O) groups excluding carboxylic acids is 1. The minimum Gasteiger partial charge on any atom is -0.387 e. The topological polar surface area (TPSA) is 104 Å². The highest BCUT2D eigenvalue weighted by atomic mass is 32.2. The smallest absolute Gasteiger partial charge is 0.267 e. The van der Waals surface area contributed by atoms with Crippen LogP contribution in [0.25, 0.3) is 0 Å². The molecular weight excluding hydrogens is 715 g/mol. The van der Waals surface area contributed by atoms with Gasteiger partial charge in [-0.25, -0.2) is 0 Å². The van der Waals surface area contributed by atoms with Crippen molar-refractivity contribution in [1.29, 1.82) is 0 Å². The minimum atomic E-state index is -4.34. The van der Waals surface area contributed by atoms with E-state index in [-0.39, 0.29) is 5.91 Å². The highest BCUT2D eigenvalue weighted by molar-refractivity contribution is 7.85. The van der Waals surface area contributed by atoms with E-state index in [9.17, 15) is 22.9 Å². The summed E-state index contributed by atoms with van der Waals surface area (Å²) in [5.41, 5.74) is 0. The van der Waals surface area contributed by atoms with Crippen LogP contribution >= 0.6 is 0 Å². The summed E-state index contributed by atoms with van der Waals surface area (Å²) in [6.45, 7) is 4.56. The molecule has 0 fully saturated rings. The monoisotopic (exact) mass is 812 g/mol. The predicted octanol–water partition coefficient (Wildman–Crippen LogP) is 15.3. The van der Waals surface area contributed by atoms with Gasteiger partial charge in [-0.05, 0) is 19.3 Å². The molecule has 2 atom stereocenters. The van der Waals surface area contributed by atoms with E-state index in [1.807, 2.05) is 6.08 Å². The third-order valence-corrected chi connectivity index (χ3v) is 12.5.